The zero-order chi connectivity index (χ0) is 54.3. The number of amides is 1. The number of carbonyl (C=O) groups excluding carboxylic acids is 2. The molecule has 0 fully saturated rings. The number of carbonyl (C=O) groups is 2. The van der Waals surface area contributed by atoms with Crippen molar-refractivity contribution < 1.29 is 37.3 Å². The lowest BCUT2D eigenvalue weighted by molar-refractivity contribution is -0.870. The lowest BCUT2D eigenvalue weighted by Crippen LogP contribution is -2.47. The quantitative estimate of drug-likeness (QED) is 0.0212. The molecule has 0 aromatic carbocycles. The summed E-state index contributed by atoms with van der Waals surface area (Å²) in [7, 11) is 1.09. The maximum Gasteiger partial charge on any atom is 0.306 e. The largest absolute Gasteiger partial charge is 0.756 e. The normalized spacial score (nSPS) is 14.7. The third-order valence-corrected chi connectivity index (χ3v) is 12.8. The predicted molar refractivity (Wildman–Crippen MR) is 316 cm³/mol. The van der Waals surface area contributed by atoms with Crippen molar-refractivity contribution in [3.8, 4) is 0 Å². The van der Waals surface area contributed by atoms with E-state index in [4.69, 9.17) is 13.8 Å². The fourth-order valence-electron chi connectivity index (χ4n) is 7.36. The van der Waals surface area contributed by atoms with Crippen molar-refractivity contribution in [2.45, 2.75) is 219 Å². The summed E-state index contributed by atoms with van der Waals surface area (Å²) in [5.74, 6) is -0.717. The number of likely N-dealkylation sites (N-methyl/N-ethyl adjacent to an activating group) is 1. The van der Waals surface area contributed by atoms with Gasteiger partial charge in [0.25, 0.3) is 7.82 Å². The molecular weight excluding hydrogens is 940 g/mol. The van der Waals surface area contributed by atoms with Crippen LogP contribution < -0.4 is 10.2 Å². The Morgan fingerprint density at radius 3 is 1.35 bits per heavy atom. The average molecular weight is 1050 g/mol. The van der Waals surface area contributed by atoms with Crippen LogP contribution in [0.25, 0.3) is 0 Å². The van der Waals surface area contributed by atoms with Crippen LogP contribution in [-0.2, 0) is 27.9 Å². The van der Waals surface area contributed by atoms with Crippen LogP contribution in [0.3, 0.4) is 0 Å². The Labute approximate surface area is 454 Å². The van der Waals surface area contributed by atoms with E-state index >= 15 is 0 Å². The fourth-order valence-corrected chi connectivity index (χ4v) is 8.08. The Balaban J connectivity index is 5.56. The molecule has 0 heterocycles. The Bertz CT molecular complexity index is 1730. The van der Waals surface area contributed by atoms with Gasteiger partial charge in [-0.1, -0.05) is 219 Å². The van der Waals surface area contributed by atoms with Crippen LogP contribution >= 0.6 is 7.82 Å². The lowest BCUT2D eigenvalue weighted by Gasteiger charge is -2.30. The van der Waals surface area contributed by atoms with Crippen molar-refractivity contribution in [3.05, 3.63) is 134 Å². The second kappa shape index (κ2) is 52.6. The van der Waals surface area contributed by atoms with Crippen molar-refractivity contribution >= 4 is 19.7 Å². The number of phosphoric acid groups is 1. The Hall–Kier alpha value is -3.85. The number of nitrogens with one attached hydrogen (secondary N) is 1. The molecule has 3 unspecified atom stereocenters. The lowest BCUT2D eigenvalue weighted by atomic mass is 10.1. The maximum atomic E-state index is 13.5. The van der Waals surface area contributed by atoms with Gasteiger partial charge in [-0.15, -0.1) is 0 Å². The molecule has 0 aromatic heterocycles. The zero-order valence-corrected chi connectivity index (χ0v) is 48.6. The topological polar surface area (TPSA) is 114 Å². The van der Waals surface area contributed by atoms with Gasteiger partial charge in [-0.05, 0) is 109 Å². The first kappa shape index (κ1) is 70.1. The maximum absolute atomic E-state index is 13.5. The Morgan fingerprint density at radius 2 is 0.878 bits per heavy atom. The summed E-state index contributed by atoms with van der Waals surface area (Å²) in [6, 6.07) is -0.956. The number of phosphoric ester groups is 1. The van der Waals surface area contributed by atoms with Crippen LogP contribution in [0.4, 0.5) is 0 Å². The minimum atomic E-state index is -4.74. The van der Waals surface area contributed by atoms with Gasteiger partial charge >= 0.3 is 5.97 Å². The van der Waals surface area contributed by atoms with Gasteiger partial charge in [0.2, 0.25) is 5.91 Å². The number of allylic oxidation sites excluding steroid dienone is 21. The van der Waals surface area contributed by atoms with Crippen molar-refractivity contribution in [2.24, 2.45) is 0 Å². The van der Waals surface area contributed by atoms with Gasteiger partial charge < -0.3 is 28.5 Å². The van der Waals surface area contributed by atoms with Gasteiger partial charge in [0.15, 0.2) is 0 Å². The van der Waals surface area contributed by atoms with Crippen molar-refractivity contribution in [3.63, 3.8) is 0 Å². The highest BCUT2D eigenvalue weighted by molar-refractivity contribution is 7.45. The van der Waals surface area contributed by atoms with E-state index in [2.05, 4.69) is 135 Å². The minimum Gasteiger partial charge on any atom is -0.756 e. The van der Waals surface area contributed by atoms with Crippen molar-refractivity contribution in [1.82, 2.24) is 5.32 Å². The van der Waals surface area contributed by atoms with Gasteiger partial charge in [0.05, 0.1) is 33.8 Å². The predicted octanol–water partition coefficient (Wildman–Crippen LogP) is 17.1. The van der Waals surface area contributed by atoms with E-state index in [9.17, 15) is 19.0 Å². The average Bonchev–Trinajstić information content (AvgIpc) is 3.36. The van der Waals surface area contributed by atoms with Gasteiger partial charge in [-0.3, -0.25) is 14.2 Å². The molecule has 1 N–H and O–H groups in total. The number of rotatable bonds is 50. The third-order valence-electron chi connectivity index (χ3n) is 11.8. The molecule has 0 saturated heterocycles. The van der Waals surface area contributed by atoms with Gasteiger partial charge in [-0.25, -0.2) is 0 Å². The van der Waals surface area contributed by atoms with Crippen LogP contribution in [0.15, 0.2) is 134 Å². The molecule has 0 saturated carbocycles. The van der Waals surface area contributed by atoms with Crippen LogP contribution in [0, 0.1) is 0 Å². The molecule has 0 radical (unpaired) electrons. The van der Waals surface area contributed by atoms with Crippen LogP contribution in [0.5, 0.6) is 0 Å². The molecular formula is C64H107N2O7P. The molecule has 0 aromatic rings. The molecule has 10 heteroatoms. The standard InChI is InChI=1S/C64H107N2O7P/c1-7-10-13-16-19-22-25-28-30-32-33-35-37-39-42-45-48-51-54-57-64(68)73-62(55-52-49-46-43-40-27-24-21-18-15-12-9-3)61(60-72-74(69,70)71-59-58-66(4,5)6)65-63(67)56-53-50-47-44-41-38-36-34-31-29-26-23-20-17-14-11-8-2/h10,13,19-20,22-23,28-31,33,35-36,38-39,42,44,47-48,51-52,55,61-62H,7-9,11-12,14-18,21,24-27,32,34,37,40-41,43,45-46,49-50,53-54,56-60H2,1-6H3,(H-,65,67,69,70)/b13-10-,22-19-,23-20-,30-28-,31-29-,35-33-,38-36-,42-39-,47-44-,51-48-,55-52+. The SMILES string of the molecule is CC/C=C\C/C=C\C/C=C\C/C=C\C/C=C\C/C=C\CCC(=O)OC(/C=C/CCCCCCCCCCCC)C(COP(=O)([O-])OCC[N+](C)(C)C)NC(=O)CCC/C=C\C/C=C\C/C=C\C/C=C\CCCCC. The van der Waals surface area contributed by atoms with E-state index < -0.39 is 32.5 Å². The van der Waals surface area contributed by atoms with Crippen molar-refractivity contribution in [2.75, 3.05) is 40.9 Å². The van der Waals surface area contributed by atoms with Gasteiger partial charge in [-0.2, -0.15) is 0 Å². The molecule has 420 valence electrons. The van der Waals surface area contributed by atoms with Crippen LogP contribution in [0.1, 0.15) is 207 Å². The Kier molecular flexibility index (Phi) is 49.8. The summed E-state index contributed by atoms with van der Waals surface area (Å²) in [5.41, 5.74) is 0. The molecule has 0 spiro atoms. The molecule has 3 atom stereocenters. The molecule has 0 aliphatic rings. The Morgan fingerprint density at radius 1 is 0.486 bits per heavy atom. The first-order chi connectivity index (χ1) is 35.9. The first-order valence-corrected chi connectivity index (χ1v) is 30.5. The summed E-state index contributed by atoms with van der Waals surface area (Å²) < 4.78 is 30.1. The summed E-state index contributed by atoms with van der Waals surface area (Å²) >= 11 is 0. The highest BCUT2D eigenvalue weighted by Gasteiger charge is 2.27. The third kappa shape index (κ3) is 53.0. The van der Waals surface area contributed by atoms with E-state index in [1.54, 1.807) is 6.08 Å². The molecule has 0 aliphatic heterocycles. The highest BCUT2D eigenvalue weighted by Crippen LogP contribution is 2.38. The second-order valence-corrected chi connectivity index (χ2v) is 21.5. The van der Waals surface area contributed by atoms with E-state index in [1.807, 2.05) is 39.4 Å². The molecule has 74 heavy (non-hydrogen) atoms. The summed E-state index contributed by atoms with van der Waals surface area (Å²) in [6.07, 6.45) is 74.4. The highest BCUT2D eigenvalue weighted by atomic mass is 31.2. The van der Waals surface area contributed by atoms with Crippen LogP contribution in [-0.4, -0.2) is 69.4 Å². The molecule has 9 nitrogen and oxygen atoms in total. The minimum absolute atomic E-state index is 0.0510. The summed E-state index contributed by atoms with van der Waals surface area (Å²) in [5, 5.41) is 2.96. The van der Waals surface area contributed by atoms with E-state index in [0.717, 1.165) is 83.5 Å². The fraction of sp³-hybridized carbons (Fsp3) is 0.625. The number of hydrogen-bond donors (Lipinski definition) is 1. The smallest absolute Gasteiger partial charge is 0.306 e. The van der Waals surface area contributed by atoms with E-state index in [-0.39, 0.29) is 25.4 Å². The van der Waals surface area contributed by atoms with Gasteiger partial charge in [0.1, 0.15) is 19.3 Å². The second-order valence-electron chi connectivity index (χ2n) is 20.1. The number of nitrogens with zero attached hydrogens (tertiary/aromatic N) is 1. The van der Waals surface area contributed by atoms with E-state index in [1.165, 1.54) is 70.6 Å². The van der Waals surface area contributed by atoms with Crippen LogP contribution in [0.2, 0.25) is 0 Å². The number of hydrogen-bond acceptors (Lipinski definition) is 7. The number of quaternary nitrogens is 1. The first-order valence-electron chi connectivity index (χ1n) is 29.0. The molecule has 0 rings (SSSR count). The molecule has 0 bridgehead atoms. The van der Waals surface area contributed by atoms with E-state index in [0.29, 0.717) is 30.3 Å². The number of esters is 1. The molecule has 0 aliphatic carbocycles. The number of ether oxygens (including phenoxy) is 1. The summed E-state index contributed by atoms with van der Waals surface area (Å²) in [6.45, 7) is 6.57. The van der Waals surface area contributed by atoms with Gasteiger partial charge in [0, 0.05) is 12.8 Å². The monoisotopic (exact) mass is 1050 g/mol. The molecule has 1 amide bonds. The zero-order valence-electron chi connectivity index (χ0n) is 47.7. The number of unbranched alkanes of at least 4 members (excludes halogenated alkanes) is 14. The summed E-state index contributed by atoms with van der Waals surface area (Å²) in [4.78, 5) is 39.8. The van der Waals surface area contributed by atoms with Crippen molar-refractivity contribution in [1.29, 1.82) is 0 Å².